The van der Waals surface area contributed by atoms with Gasteiger partial charge in [0, 0.05) is 35.9 Å². The van der Waals surface area contributed by atoms with Crippen LogP contribution >= 0.6 is 0 Å². The van der Waals surface area contributed by atoms with Crippen LogP contribution in [0, 0.1) is 26.1 Å². The molecule has 0 unspecified atom stereocenters. The average molecular weight is 337 g/mol. The van der Waals surface area contributed by atoms with Gasteiger partial charge in [0.25, 0.3) is 11.4 Å². The molecule has 1 aliphatic heterocycles. The Kier molecular flexibility index (Phi) is 3.49. The molecule has 0 saturated heterocycles. The van der Waals surface area contributed by atoms with Crippen LogP contribution in [0.15, 0.2) is 54.6 Å². The van der Waals surface area contributed by atoms with Crippen molar-refractivity contribution >= 4 is 17.1 Å². The van der Waals surface area contributed by atoms with Gasteiger partial charge in [0.15, 0.2) is 0 Å². The molecule has 0 amide bonds. The number of nitrogens with one attached hydrogen (secondary N) is 1. The van der Waals surface area contributed by atoms with Gasteiger partial charge in [0.2, 0.25) is 0 Å². The number of rotatable bonds is 3. The number of fused-ring (bicyclic) bond motifs is 3. The van der Waals surface area contributed by atoms with E-state index in [4.69, 9.17) is 0 Å². The highest BCUT2D eigenvalue weighted by atomic mass is 16.6. The van der Waals surface area contributed by atoms with Gasteiger partial charge in [-0.05, 0) is 29.5 Å². The van der Waals surface area contributed by atoms with Gasteiger partial charge in [-0.15, -0.1) is 0 Å². The monoisotopic (exact) mass is 337 g/mol. The molecule has 1 heterocycles. The molecule has 7 heteroatoms. The normalized spacial score (nSPS) is 23.4. The number of nitro groups is 2. The van der Waals surface area contributed by atoms with Crippen molar-refractivity contribution in [1.82, 2.24) is 0 Å². The lowest BCUT2D eigenvalue weighted by atomic mass is 9.77. The standard InChI is InChI=1S/C18H15N3O4/c22-20(23)12-4-1-3-11(9-12)18-15-6-2-5-14(15)16-10-13(21(24)25)7-8-17(16)19-18/h1-5,7-10,14-15,18-19H,6H2/t14-,15+,18+/m1/s1. The largest absolute Gasteiger partial charge is 0.378 e. The third kappa shape index (κ3) is 2.53. The fourth-order valence-electron chi connectivity index (χ4n) is 3.86. The third-order valence-electron chi connectivity index (χ3n) is 5.00. The lowest BCUT2D eigenvalue weighted by Gasteiger charge is -2.37. The zero-order chi connectivity index (χ0) is 17.6. The van der Waals surface area contributed by atoms with E-state index in [-0.39, 0.29) is 34.2 Å². The van der Waals surface area contributed by atoms with Gasteiger partial charge in [0.1, 0.15) is 0 Å². The van der Waals surface area contributed by atoms with Gasteiger partial charge < -0.3 is 5.32 Å². The average Bonchev–Trinajstić information content (AvgIpc) is 3.10. The SMILES string of the molecule is O=[N+]([O-])c1cccc([C@@H]2Nc3ccc([N+](=O)[O-])cc3[C@@H]3C=CC[C@@H]32)c1. The summed E-state index contributed by atoms with van der Waals surface area (Å²) in [4.78, 5) is 21.4. The number of nitrogens with zero attached hydrogens (tertiary/aromatic N) is 2. The van der Waals surface area contributed by atoms with E-state index in [1.807, 2.05) is 6.07 Å². The molecule has 0 saturated carbocycles. The summed E-state index contributed by atoms with van der Waals surface area (Å²) in [5.74, 6) is 0.247. The van der Waals surface area contributed by atoms with Crippen LogP contribution in [0.25, 0.3) is 0 Å². The summed E-state index contributed by atoms with van der Waals surface area (Å²) >= 11 is 0. The quantitative estimate of drug-likeness (QED) is 0.510. The minimum Gasteiger partial charge on any atom is -0.378 e. The highest BCUT2D eigenvalue weighted by Gasteiger charge is 2.38. The second-order valence-electron chi connectivity index (χ2n) is 6.36. The van der Waals surface area contributed by atoms with Crippen molar-refractivity contribution in [3.63, 3.8) is 0 Å². The summed E-state index contributed by atoms with van der Waals surface area (Å²) in [7, 11) is 0. The Morgan fingerprint density at radius 3 is 2.52 bits per heavy atom. The minimum atomic E-state index is -0.395. The van der Waals surface area contributed by atoms with Crippen LogP contribution in [0.3, 0.4) is 0 Å². The van der Waals surface area contributed by atoms with Gasteiger partial charge in [-0.1, -0.05) is 24.3 Å². The van der Waals surface area contributed by atoms with Crippen molar-refractivity contribution in [2.24, 2.45) is 5.92 Å². The maximum Gasteiger partial charge on any atom is 0.269 e. The van der Waals surface area contributed by atoms with E-state index in [1.165, 1.54) is 12.1 Å². The first kappa shape index (κ1) is 15.3. The van der Waals surface area contributed by atoms with Crippen molar-refractivity contribution in [1.29, 1.82) is 0 Å². The topological polar surface area (TPSA) is 98.3 Å². The zero-order valence-corrected chi connectivity index (χ0v) is 13.2. The molecule has 0 spiro atoms. The van der Waals surface area contributed by atoms with Crippen LogP contribution in [0.5, 0.6) is 0 Å². The number of non-ortho nitro benzene ring substituents is 2. The smallest absolute Gasteiger partial charge is 0.269 e. The zero-order valence-electron chi connectivity index (χ0n) is 13.2. The van der Waals surface area contributed by atoms with Crippen molar-refractivity contribution in [2.75, 3.05) is 5.32 Å². The minimum absolute atomic E-state index is 0.0660. The van der Waals surface area contributed by atoms with Gasteiger partial charge in [-0.2, -0.15) is 0 Å². The Balaban J connectivity index is 1.77. The summed E-state index contributed by atoms with van der Waals surface area (Å²) in [5.41, 5.74) is 2.76. The van der Waals surface area contributed by atoms with E-state index in [0.29, 0.717) is 0 Å². The maximum absolute atomic E-state index is 11.1. The molecule has 1 aliphatic carbocycles. The summed E-state index contributed by atoms with van der Waals surface area (Å²) < 4.78 is 0. The van der Waals surface area contributed by atoms with Gasteiger partial charge in [-0.3, -0.25) is 20.2 Å². The number of allylic oxidation sites excluding steroid dienone is 2. The van der Waals surface area contributed by atoms with E-state index in [9.17, 15) is 20.2 Å². The number of nitro benzene ring substituents is 2. The van der Waals surface area contributed by atoms with Crippen LogP contribution in [-0.4, -0.2) is 9.85 Å². The Labute approximate surface area is 143 Å². The summed E-state index contributed by atoms with van der Waals surface area (Å²) in [6.07, 6.45) is 4.99. The van der Waals surface area contributed by atoms with Crippen molar-refractivity contribution in [3.05, 3.63) is 86.0 Å². The molecule has 7 nitrogen and oxygen atoms in total. The first-order valence-corrected chi connectivity index (χ1v) is 8.00. The highest BCUT2D eigenvalue weighted by Crippen LogP contribution is 2.50. The molecule has 0 aromatic heterocycles. The van der Waals surface area contributed by atoms with Crippen molar-refractivity contribution < 1.29 is 9.85 Å². The van der Waals surface area contributed by atoms with Gasteiger partial charge >= 0.3 is 0 Å². The molecule has 0 bridgehead atoms. The Morgan fingerprint density at radius 2 is 1.76 bits per heavy atom. The van der Waals surface area contributed by atoms with Gasteiger partial charge in [0.05, 0.1) is 15.9 Å². The molecular formula is C18H15N3O4. The summed E-state index contributed by atoms with van der Waals surface area (Å²) in [5, 5.41) is 25.6. The van der Waals surface area contributed by atoms with Crippen LogP contribution < -0.4 is 5.32 Å². The third-order valence-corrected chi connectivity index (χ3v) is 5.00. The Hall–Kier alpha value is -3.22. The van der Waals surface area contributed by atoms with Crippen LogP contribution in [0.1, 0.15) is 29.5 Å². The molecule has 25 heavy (non-hydrogen) atoms. The predicted octanol–water partition coefficient (Wildman–Crippen LogP) is 4.33. The first-order chi connectivity index (χ1) is 12.0. The van der Waals surface area contributed by atoms with Crippen LogP contribution in [0.2, 0.25) is 0 Å². The Morgan fingerprint density at radius 1 is 1.00 bits per heavy atom. The van der Waals surface area contributed by atoms with E-state index < -0.39 is 4.92 Å². The fraction of sp³-hybridized carbons (Fsp3) is 0.222. The van der Waals surface area contributed by atoms with Crippen molar-refractivity contribution in [2.45, 2.75) is 18.4 Å². The summed E-state index contributed by atoms with van der Waals surface area (Å²) in [6, 6.07) is 11.4. The molecule has 1 N–H and O–H groups in total. The summed E-state index contributed by atoms with van der Waals surface area (Å²) in [6.45, 7) is 0. The van der Waals surface area contributed by atoms with Gasteiger partial charge in [-0.25, -0.2) is 0 Å². The van der Waals surface area contributed by atoms with Crippen molar-refractivity contribution in [3.8, 4) is 0 Å². The fourth-order valence-corrected chi connectivity index (χ4v) is 3.86. The lowest BCUT2D eigenvalue weighted by molar-refractivity contribution is -0.385. The Bertz CT molecular complexity index is 909. The molecule has 0 radical (unpaired) electrons. The van der Waals surface area contributed by atoms with Crippen LogP contribution in [0.4, 0.5) is 17.1 Å². The molecule has 3 atom stereocenters. The molecule has 2 aliphatic rings. The lowest BCUT2D eigenvalue weighted by Crippen LogP contribution is -2.29. The molecule has 2 aromatic rings. The number of benzene rings is 2. The number of hydrogen-bond acceptors (Lipinski definition) is 5. The van der Waals surface area contributed by atoms with E-state index in [1.54, 1.807) is 24.3 Å². The number of anilines is 1. The molecule has 4 rings (SSSR count). The molecule has 2 aromatic carbocycles. The van der Waals surface area contributed by atoms with E-state index in [0.717, 1.165) is 23.2 Å². The van der Waals surface area contributed by atoms with E-state index in [2.05, 4.69) is 17.5 Å². The van der Waals surface area contributed by atoms with E-state index >= 15 is 0 Å². The highest BCUT2D eigenvalue weighted by molar-refractivity contribution is 5.63. The molecule has 126 valence electrons. The second-order valence-corrected chi connectivity index (χ2v) is 6.36. The first-order valence-electron chi connectivity index (χ1n) is 8.00. The molecular weight excluding hydrogens is 322 g/mol. The number of hydrogen-bond donors (Lipinski definition) is 1. The predicted molar refractivity (Wildman–Crippen MR) is 92.5 cm³/mol. The molecule has 0 fully saturated rings. The van der Waals surface area contributed by atoms with Crippen LogP contribution in [-0.2, 0) is 0 Å². The second kappa shape index (κ2) is 5.70. The maximum atomic E-state index is 11.1.